The van der Waals surface area contributed by atoms with E-state index in [1.807, 2.05) is 24.4 Å². The number of nitrogens with one attached hydrogen (secondary N) is 1. The third kappa shape index (κ3) is 2.45. The molecule has 4 nitrogen and oxygen atoms in total. The third-order valence-corrected chi connectivity index (χ3v) is 4.33. The van der Waals surface area contributed by atoms with Gasteiger partial charge in [-0.05, 0) is 31.5 Å². The smallest absolute Gasteiger partial charge is 0.105 e. The van der Waals surface area contributed by atoms with Crippen molar-refractivity contribution < 1.29 is 4.74 Å². The highest BCUT2D eigenvalue weighted by Gasteiger charge is 2.35. The molecule has 1 aliphatic rings. The zero-order valence-electron chi connectivity index (χ0n) is 13.3. The van der Waals surface area contributed by atoms with E-state index < -0.39 is 0 Å². The monoisotopic (exact) mass is 305 g/mol. The minimum Gasteiger partial charge on any atom is -0.380 e. The Bertz CT molecular complexity index is 859. The molecular weight excluding hydrogens is 286 g/mol. The van der Waals surface area contributed by atoms with Crippen LogP contribution in [0.4, 0.5) is 5.69 Å². The van der Waals surface area contributed by atoms with Gasteiger partial charge in [-0.1, -0.05) is 24.3 Å². The van der Waals surface area contributed by atoms with Crippen LogP contribution >= 0.6 is 0 Å². The lowest BCUT2D eigenvalue weighted by Gasteiger charge is -2.19. The van der Waals surface area contributed by atoms with Crippen LogP contribution in [0.5, 0.6) is 0 Å². The Morgan fingerprint density at radius 3 is 2.87 bits per heavy atom. The van der Waals surface area contributed by atoms with Crippen LogP contribution in [0.3, 0.4) is 0 Å². The first-order valence-corrected chi connectivity index (χ1v) is 7.84. The van der Waals surface area contributed by atoms with Gasteiger partial charge in [-0.3, -0.25) is 4.98 Å². The van der Waals surface area contributed by atoms with Gasteiger partial charge in [0.25, 0.3) is 0 Å². The third-order valence-electron chi connectivity index (χ3n) is 4.33. The van der Waals surface area contributed by atoms with Gasteiger partial charge in [-0.25, -0.2) is 4.98 Å². The van der Waals surface area contributed by atoms with Gasteiger partial charge in [0.05, 0.1) is 23.5 Å². The number of nitrogens with zero attached hydrogens (tertiary/aromatic N) is 2. The molecule has 116 valence electrons. The maximum Gasteiger partial charge on any atom is 0.105 e. The second-order valence-corrected chi connectivity index (χ2v) is 6.34. The number of ether oxygens (including phenoxy) is 1. The Hall–Kier alpha value is -2.46. The number of aromatic nitrogens is 2. The summed E-state index contributed by atoms with van der Waals surface area (Å²) in [7, 11) is 0. The van der Waals surface area contributed by atoms with Crippen molar-refractivity contribution in [1.82, 2.24) is 9.97 Å². The van der Waals surface area contributed by atoms with E-state index in [1.54, 1.807) is 6.20 Å². The van der Waals surface area contributed by atoms with Crippen molar-refractivity contribution in [2.45, 2.75) is 32.6 Å². The largest absolute Gasteiger partial charge is 0.380 e. The summed E-state index contributed by atoms with van der Waals surface area (Å²) in [4.78, 5) is 9.02. The topological polar surface area (TPSA) is 47.0 Å². The summed E-state index contributed by atoms with van der Waals surface area (Å²) in [5.74, 6) is 0. The van der Waals surface area contributed by atoms with Gasteiger partial charge >= 0.3 is 0 Å². The summed E-state index contributed by atoms with van der Waals surface area (Å²) in [5, 5.41) is 4.72. The van der Waals surface area contributed by atoms with Gasteiger partial charge < -0.3 is 10.1 Å². The lowest BCUT2D eigenvalue weighted by Crippen LogP contribution is -2.16. The number of anilines is 1. The van der Waals surface area contributed by atoms with Crippen LogP contribution in [0.1, 0.15) is 30.7 Å². The number of benzene rings is 1. The molecule has 0 saturated carbocycles. The Morgan fingerprint density at radius 1 is 1.17 bits per heavy atom. The molecule has 0 atom stereocenters. The Morgan fingerprint density at radius 2 is 2.04 bits per heavy atom. The number of fused-ring (bicyclic) bond motifs is 2. The standard InChI is InChI=1S/C19H19N3O/c1-19(2)18-15(12-23-19)17(14-7-3-4-8-16(14)22-18)21-11-13-6-5-9-20-10-13/h3-10H,11-12H2,1-2H3,(H,21,22). The molecule has 4 heteroatoms. The second-order valence-electron chi connectivity index (χ2n) is 6.34. The maximum atomic E-state index is 5.96. The van der Waals surface area contributed by atoms with Gasteiger partial charge in [0.2, 0.25) is 0 Å². The Kier molecular flexibility index (Phi) is 3.27. The molecule has 0 aliphatic carbocycles. The second kappa shape index (κ2) is 5.32. The number of rotatable bonds is 3. The SMILES string of the molecule is CC1(C)OCc2c1nc1ccccc1c2NCc1cccnc1. The zero-order chi connectivity index (χ0) is 15.9. The summed E-state index contributed by atoms with van der Waals surface area (Å²) in [5.41, 5.74) is 5.13. The first-order chi connectivity index (χ1) is 11.1. The molecular formula is C19H19N3O. The molecule has 3 heterocycles. The molecule has 0 radical (unpaired) electrons. The van der Waals surface area contributed by atoms with E-state index in [2.05, 4.69) is 42.3 Å². The fraction of sp³-hybridized carbons (Fsp3) is 0.263. The van der Waals surface area contributed by atoms with Crippen LogP contribution in [0.2, 0.25) is 0 Å². The van der Waals surface area contributed by atoms with Gasteiger partial charge in [-0.15, -0.1) is 0 Å². The van der Waals surface area contributed by atoms with Crippen LogP contribution in [-0.2, 0) is 23.5 Å². The molecule has 3 aromatic rings. The molecule has 0 saturated heterocycles. The van der Waals surface area contributed by atoms with Crippen LogP contribution in [0.25, 0.3) is 10.9 Å². The molecule has 1 aromatic carbocycles. The average Bonchev–Trinajstić information content (AvgIpc) is 2.88. The van der Waals surface area contributed by atoms with E-state index in [-0.39, 0.29) is 5.60 Å². The molecule has 4 rings (SSSR count). The Labute approximate surface area is 135 Å². The molecule has 0 fully saturated rings. The van der Waals surface area contributed by atoms with Crippen LogP contribution in [0.15, 0.2) is 48.8 Å². The lowest BCUT2D eigenvalue weighted by atomic mass is 9.99. The Balaban J connectivity index is 1.81. The van der Waals surface area contributed by atoms with Gasteiger partial charge in [0, 0.05) is 29.9 Å². The first-order valence-electron chi connectivity index (χ1n) is 7.84. The fourth-order valence-electron chi connectivity index (χ4n) is 3.11. The maximum absolute atomic E-state index is 5.96. The summed E-state index contributed by atoms with van der Waals surface area (Å²) in [6.45, 7) is 5.47. The highest BCUT2D eigenvalue weighted by molar-refractivity contribution is 5.93. The number of hydrogen-bond acceptors (Lipinski definition) is 4. The zero-order valence-corrected chi connectivity index (χ0v) is 13.3. The molecule has 0 unspecified atom stereocenters. The van der Waals surface area contributed by atoms with E-state index >= 15 is 0 Å². The molecule has 1 N–H and O–H groups in total. The van der Waals surface area contributed by atoms with E-state index in [0.717, 1.165) is 40.0 Å². The van der Waals surface area contributed by atoms with E-state index in [0.29, 0.717) is 6.61 Å². The molecule has 2 aromatic heterocycles. The van der Waals surface area contributed by atoms with Crippen molar-refractivity contribution in [2.24, 2.45) is 0 Å². The molecule has 23 heavy (non-hydrogen) atoms. The van der Waals surface area contributed by atoms with Crippen molar-refractivity contribution in [3.63, 3.8) is 0 Å². The van der Waals surface area contributed by atoms with Crippen LogP contribution in [-0.4, -0.2) is 9.97 Å². The van der Waals surface area contributed by atoms with Crippen molar-refractivity contribution in [3.8, 4) is 0 Å². The minimum absolute atomic E-state index is 0.343. The summed E-state index contributed by atoms with van der Waals surface area (Å²) >= 11 is 0. The minimum atomic E-state index is -0.343. The van der Waals surface area contributed by atoms with Gasteiger partial charge in [0.1, 0.15) is 5.60 Å². The number of hydrogen-bond donors (Lipinski definition) is 1. The van der Waals surface area contributed by atoms with Crippen molar-refractivity contribution in [2.75, 3.05) is 5.32 Å². The molecule has 1 aliphatic heterocycles. The average molecular weight is 305 g/mol. The molecule has 0 amide bonds. The van der Waals surface area contributed by atoms with Crippen LogP contribution in [0, 0.1) is 0 Å². The van der Waals surface area contributed by atoms with Crippen molar-refractivity contribution >= 4 is 16.6 Å². The van der Waals surface area contributed by atoms with E-state index in [4.69, 9.17) is 9.72 Å². The van der Waals surface area contributed by atoms with Crippen molar-refractivity contribution in [3.05, 3.63) is 65.6 Å². The number of pyridine rings is 2. The fourth-order valence-corrected chi connectivity index (χ4v) is 3.11. The quantitative estimate of drug-likeness (QED) is 0.794. The van der Waals surface area contributed by atoms with Crippen molar-refractivity contribution in [1.29, 1.82) is 0 Å². The summed E-state index contributed by atoms with van der Waals surface area (Å²) < 4.78 is 5.96. The summed E-state index contributed by atoms with van der Waals surface area (Å²) in [6.07, 6.45) is 3.68. The summed E-state index contributed by atoms with van der Waals surface area (Å²) in [6, 6.07) is 12.3. The highest BCUT2D eigenvalue weighted by atomic mass is 16.5. The molecule has 0 spiro atoms. The first kappa shape index (κ1) is 14.2. The van der Waals surface area contributed by atoms with Gasteiger partial charge in [-0.2, -0.15) is 0 Å². The lowest BCUT2D eigenvalue weighted by molar-refractivity contribution is -0.00989. The van der Waals surface area contributed by atoms with Gasteiger partial charge in [0.15, 0.2) is 0 Å². The van der Waals surface area contributed by atoms with Crippen LogP contribution < -0.4 is 5.32 Å². The highest BCUT2D eigenvalue weighted by Crippen LogP contribution is 2.41. The van der Waals surface area contributed by atoms with E-state index in [1.165, 1.54) is 0 Å². The normalized spacial score (nSPS) is 15.6. The number of para-hydroxylation sites is 1. The predicted molar refractivity (Wildman–Crippen MR) is 91.1 cm³/mol. The van der Waals surface area contributed by atoms with E-state index in [9.17, 15) is 0 Å². The molecule has 0 bridgehead atoms. The predicted octanol–water partition coefficient (Wildman–Crippen LogP) is 4.01.